The highest BCUT2D eigenvalue weighted by molar-refractivity contribution is 9.09. The van der Waals surface area contributed by atoms with E-state index in [1.165, 1.54) is 0 Å². The van der Waals surface area contributed by atoms with E-state index in [0.717, 1.165) is 6.42 Å². The Bertz CT molecular complexity index is 239. The van der Waals surface area contributed by atoms with Crippen molar-refractivity contribution < 1.29 is 14.6 Å². The summed E-state index contributed by atoms with van der Waals surface area (Å²) >= 11 is 3.36. The Morgan fingerprint density at radius 2 is 2.13 bits per heavy atom. The summed E-state index contributed by atoms with van der Waals surface area (Å²) in [6.07, 6.45) is -0.104. The van der Waals surface area contributed by atoms with Gasteiger partial charge in [0.05, 0.1) is 12.6 Å². The molecule has 1 unspecified atom stereocenters. The highest BCUT2D eigenvalue weighted by atomic mass is 79.9. The molecule has 0 aliphatic carbocycles. The Labute approximate surface area is 98.7 Å². The molecule has 0 radical (unpaired) electrons. The molecule has 1 heterocycles. The number of carbonyl (C=O) groups excluding carboxylic acids is 1. The maximum Gasteiger partial charge on any atom is 0.410 e. The minimum absolute atomic E-state index is 0.0798. The summed E-state index contributed by atoms with van der Waals surface area (Å²) in [5, 5.41) is 9.60. The number of nitrogens with zero attached hydrogens (tertiary/aromatic N) is 1. The maximum atomic E-state index is 11.6. The zero-order valence-corrected chi connectivity index (χ0v) is 11.0. The number of likely N-dealkylation sites (tertiary alicyclic amines) is 1. The normalized spacial score (nSPS) is 27.7. The van der Waals surface area contributed by atoms with Gasteiger partial charge in [0.1, 0.15) is 5.60 Å². The molecule has 1 aliphatic heterocycles. The van der Waals surface area contributed by atoms with Crippen LogP contribution in [0.25, 0.3) is 0 Å². The molecule has 1 rings (SSSR count). The van der Waals surface area contributed by atoms with Crippen molar-refractivity contribution >= 4 is 22.0 Å². The van der Waals surface area contributed by atoms with Crippen LogP contribution in [0.3, 0.4) is 0 Å². The predicted octanol–water partition coefficient (Wildman–Crippen LogP) is 1.75. The Morgan fingerprint density at radius 1 is 1.53 bits per heavy atom. The second kappa shape index (κ2) is 4.70. The molecule has 15 heavy (non-hydrogen) atoms. The minimum atomic E-state index is -0.508. The molecule has 0 spiro atoms. The van der Waals surface area contributed by atoms with Crippen molar-refractivity contribution in [1.29, 1.82) is 0 Å². The number of hydrogen-bond donors (Lipinski definition) is 1. The van der Waals surface area contributed by atoms with Crippen LogP contribution >= 0.6 is 15.9 Å². The van der Waals surface area contributed by atoms with Gasteiger partial charge in [0, 0.05) is 11.4 Å². The van der Waals surface area contributed by atoms with Crippen LogP contribution in [0, 0.1) is 0 Å². The highest BCUT2D eigenvalue weighted by Gasteiger charge is 2.30. The quantitative estimate of drug-likeness (QED) is 0.688. The molecule has 1 aliphatic rings. The van der Waals surface area contributed by atoms with Crippen LogP contribution in [0.15, 0.2) is 0 Å². The van der Waals surface area contributed by atoms with E-state index in [9.17, 15) is 9.90 Å². The molecule has 1 amide bonds. The summed E-state index contributed by atoms with van der Waals surface area (Å²) in [6, 6.07) is 0. The fourth-order valence-electron chi connectivity index (χ4n) is 1.40. The number of aliphatic hydroxyl groups excluding tert-OH is 1. The van der Waals surface area contributed by atoms with Gasteiger partial charge in [-0.05, 0) is 27.2 Å². The number of piperidine rings is 1. The Morgan fingerprint density at radius 3 is 2.60 bits per heavy atom. The SMILES string of the molecule is CC(C)(C)OC(=O)N1CCC(Br)[C@@H](O)C1. The molecule has 2 atom stereocenters. The molecular formula is C10H18BrNO3. The van der Waals surface area contributed by atoms with Crippen LogP contribution in [-0.4, -0.2) is 45.7 Å². The van der Waals surface area contributed by atoms with E-state index in [0.29, 0.717) is 13.1 Å². The van der Waals surface area contributed by atoms with Gasteiger partial charge in [-0.15, -0.1) is 0 Å². The van der Waals surface area contributed by atoms with Crippen LogP contribution in [0.1, 0.15) is 27.2 Å². The number of β-amino-alcohol motifs (C(OH)–C–C–N with tert-alkyl or cyclic N) is 1. The Hall–Kier alpha value is -0.290. The van der Waals surface area contributed by atoms with Gasteiger partial charge in [-0.2, -0.15) is 0 Å². The first-order valence-electron chi connectivity index (χ1n) is 5.09. The van der Waals surface area contributed by atoms with Gasteiger partial charge in [0.15, 0.2) is 0 Å². The van der Waals surface area contributed by atoms with Crippen LogP contribution in [-0.2, 0) is 4.74 Å². The first-order valence-corrected chi connectivity index (χ1v) is 6.01. The fourth-order valence-corrected chi connectivity index (χ4v) is 1.77. The molecule has 4 nitrogen and oxygen atoms in total. The molecule has 0 aromatic heterocycles. The largest absolute Gasteiger partial charge is 0.444 e. The summed E-state index contributed by atoms with van der Waals surface area (Å²) in [6.45, 7) is 6.46. The van der Waals surface area contributed by atoms with Gasteiger partial charge in [-0.25, -0.2) is 4.79 Å². The number of amides is 1. The van der Waals surface area contributed by atoms with Crippen molar-refractivity contribution in [3.05, 3.63) is 0 Å². The molecule has 0 aromatic carbocycles. The van der Waals surface area contributed by atoms with Crippen LogP contribution in [0.5, 0.6) is 0 Å². The van der Waals surface area contributed by atoms with Crippen molar-refractivity contribution in [2.75, 3.05) is 13.1 Å². The molecule has 1 saturated heterocycles. The molecule has 0 aromatic rings. The van der Waals surface area contributed by atoms with Gasteiger partial charge < -0.3 is 14.7 Å². The smallest absolute Gasteiger partial charge is 0.410 e. The van der Waals surface area contributed by atoms with Gasteiger partial charge in [0.25, 0.3) is 0 Å². The van der Waals surface area contributed by atoms with Crippen molar-refractivity contribution in [3.63, 3.8) is 0 Å². The first-order chi connectivity index (χ1) is 6.79. The lowest BCUT2D eigenvalue weighted by atomic mass is 10.1. The van der Waals surface area contributed by atoms with E-state index in [1.807, 2.05) is 20.8 Å². The summed E-state index contributed by atoms with van der Waals surface area (Å²) in [7, 11) is 0. The van der Waals surface area contributed by atoms with E-state index in [-0.39, 0.29) is 10.9 Å². The van der Waals surface area contributed by atoms with Crippen LogP contribution in [0.4, 0.5) is 4.79 Å². The molecule has 5 heteroatoms. The zero-order valence-electron chi connectivity index (χ0n) is 9.36. The second-order valence-corrected chi connectivity index (χ2v) is 5.97. The third-order valence-corrected chi connectivity index (χ3v) is 3.22. The summed E-state index contributed by atoms with van der Waals surface area (Å²) < 4.78 is 5.22. The van der Waals surface area contributed by atoms with Crippen molar-refractivity contribution in [1.82, 2.24) is 4.90 Å². The van der Waals surface area contributed by atoms with E-state index in [2.05, 4.69) is 15.9 Å². The molecule has 1 N–H and O–H groups in total. The molecule has 0 bridgehead atoms. The van der Waals surface area contributed by atoms with E-state index in [1.54, 1.807) is 4.90 Å². The molecule has 88 valence electrons. The third-order valence-electron chi connectivity index (χ3n) is 2.15. The predicted molar refractivity (Wildman–Crippen MR) is 61.1 cm³/mol. The second-order valence-electron chi connectivity index (χ2n) is 4.80. The number of aliphatic hydroxyl groups is 1. The number of carbonyl (C=O) groups is 1. The number of halogens is 1. The summed E-state index contributed by atoms with van der Waals surface area (Å²) in [4.78, 5) is 13.3. The van der Waals surface area contributed by atoms with Gasteiger partial charge >= 0.3 is 6.09 Å². The lowest BCUT2D eigenvalue weighted by molar-refractivity contribution is 0.00580. The first kappa shape index (κ1) is 12.8. The van der Waals surface area contributed by atoms with Crippen LogP contribution in [0.2, 0.25) is 0 Å². The molecule has 1 fully saturated rings. The van der Waals surface area contributed by atoms with Crippen molar-refractivity contribution in [3.8, 4) is 0 Å². The van der Waals surface area contributed by atoms with E-state index >= 15 is 0 Å². The standard InChI is InChI=1S/C10H18BrNO3/c1-10(2,3)15-9(14)12-5-4-7(11)8(13)6-12/h7-8,13H,4-6H2,1-3H3/t7?,8-/m0/s1. The monoisotopic (exact) mass is 279 g/mol. The average Bonchev–Trinajstić information content (AvgIpc) is 2.06. The summed E-state index contributed by atoms with van der Waals surface area (Å²) in [5.74, 6) is 0. The third kappa shape index (κ3) is 3.99. The van der Waals surface area contributed by atoms with Gasteiger partial charge in [-0.1, -0.05) is 15.9 Å². The zero-order chi connectivity index (χ0) is 11.6. The molecule has 0 saturated carbocycles. The Kier molecular flexibility index (Phi) is 4.00. The fraction of sp³-hybridized carbons (Fsp3) is 0.900. The lowest BCUT2D eigenvalue weighted by Gasteiger charge is -2.34. The van der Waals surface area contributed by atoms with Gasteiger partial charge in [-0.3, -0.25) is 0 Å². The van der Waals surface area contributed by atoms with Crippen LogP contribution < -0.4 is 0 Å². The number of hydrogen-bond acceptors (Lipinski definition) is 3. The number of rotatable bonds is 0. The summed E-state index contributed by atoms with van der Waals surface area (Å²) in [5.41, 5.74) is -0.479. The van der Waals surface area contributed by atoms with E-state index < -0.39 is 11.7 Å². The average molecular weight is 280 g/mol. The maximum absolute atomic E-state index is 11.6. The topological polar surface area (TPSA) is 49.8 Å². The van der Waals surface area contributed by atoms with Crippen molar-refractivity contribution in [2.24, 2.45) is 0 Å². The molecular weight excluding hydrogens is 262 g/mol. The lowest BCUT2D eigenvalue weighted by Crippen LogP contribution is -2.48. The minimum Gasteiger partial charge on any atom is -0.444 e. The number of alkyl halides is 1. The van der Waals surface area contributed by atoms with Crippen molar-refractivity contribution in [2.45, 2.75) is 43.7 Å². The number of ether oxygens (including phenoxy) is 1. The highest BCUT2D eigenvalue weighted by Crippen LogP contribution is 2.20. The Balaban J connectivity index is 2.48. The van der Waals surface area contributed by atoms with Gasteiger partial charge in [0.2, 0.25) is 0 Å². The van der Waals surface area contributed by atoms with E-state index in [4.69, 9.17) is 4.74 Å².